The number of carboxylic acids is 1. The molecule has 1 saturated heterocycles. The van der Waals surface area contributed by atoms with Crippen LogP contribution in [0.15, 0.2) is 24.3 Å². The molecule has 0 bridgehead atoms. The summed E-state index contributed by atoms with van der Waals surface area (Å²) in [5.41, 5.74) is -0.456. The number of carboxylic acid groups (broad SMARTS) is 1. The maximum atomic E-state index is 12.6. The lowest BCUT2D eigenvalue weighted by molar-refractivity contribution is -0.174. The number of amides is 2. The normalized spacial score (nSPS) is 21.2. The summed E-state index contributed by atoms with van der Waals surface area (Å²) in [5.74, 6) is -1.92. The molecular formula is C18H22N2O5. The number of nitrogens with zero attached hydrogens (tertiary/aromatic N) is 1. The van der Waals surface area contributed by atoms with E-state index in [2.05, 4.69) is 5.32 Å². The number of methoxy groups -OCH3 is 1. The number of hydrogen-bond acceptors (Lipinski definition) is 4. The van der Waals surface area contributed by atoms with Gasteiger partial charge in [0.15, 0.2) is 0 Å². The Kier molecular flexibility index (Phi) is 4.28. The Morgan fingerprint density at radius 2 is 1.92 bits per heavy atom. The first kappa shape index (κ1) is 17.4. The molecule has 1 aromatic rings. The molecule has 1 atom stereocenters. The van der Waals surface area contributed by atoms with E-state index in [-0.39, 0.29) is 5.91 Å². The highest BCUT2D eigenvalue weighted by molar-refractivity contribution is 6.05. The third-order valence-electron chi connectivity index (χ3n) is 5.54. The van der Waals surface area contributed by atoms with Crippen LogP contribution in [0.1, 0.15) is 30.9 Å². The van der Waals surface area contributed by atoms with E-state index in [1.165, 1.54) is 18.9 Å². The van der Waals surface area contributed by atoms with Crippen LogP contribution < -0.4 is 5.32 Å². The van der Waals surface area contributed by atoms with Crippen molar-refractivity contribution in [2.45, 2.75) is 37.3 Å². The summed E-state index contributed by atoms with van der Waals surface area (Å²) in [5, 5.41) is 12.3. The van der Waals surface area contributed by atoms with Crippen molar-refractivity contribution in [1.29, 1.82) is 0 Å². The molecule has 0 aromatic heterocycles. The second-order valence-electron chi connectivity index (χ2n) is 6.76. The van der Waals surface area contributed by atoms with Crippen LogP contribution in [-0.4, -0.2) is 53.6 Å². The fraction of sp³-hybridized carbons (Fsp3) is 0.500. The van der Waals surface area contributed by atoms with Crippen molar-refractivity contribution in [3.63, 3.8) is 0 Å². The number of fused-ring (bicyclic) bond motifs is 2. The molecule has 7 heteroatoms. The zero-order valence-electron chi connectivity index (χ0n) is 14.4. The molecule has 0 aliphatic carbocycles. The molecule has 1 fully saturated rings. The van der Waals surface area contributed by atoms with Crippen LogP contribution >= 0.6 is 0 Å². The lowest BCUT2D eigenvalue weighted by Gasteiger charge is -2.45. The van der Waals surface area contributed by atoms with Crippen molar-refractivity contribution >= 4 is 17.8 Å². The van der Waals surface area contributed by atoms with Crippen LogP contribution in [0.5, 0.6) is 0 Å². The number of aliphatic carboxylic acids is 1. The van der Waals surface area contributed by atoms with Crippen LogP contribution in [0, 0.1) is 0 Å². The molecule has 0 saturated carbocycles. The lowest BCUT2D eigenvalue weighted by Crippen LogP contribution is -2.59. The number of likely N-dealkylation sites (tertiary alicyclic amines) is 1. The second kappa shape index (κ2) is 6.15. The maximum Gasteiger partial charge on any atom is 0.345 e. The smallest absolute Gasteiger partial charge is 0.345 e. The Morgan fingerprint density at radius 1 is 1.28 bits per heavy atom. The second-order valence-corrected chi connectivity index (χ2v) is 6.76. The minimum Gasteiger partial charge on any atom is -0.479 e. The summed E-state index contributed by atoms with van der Waals surface area (Å²) < 4.78 is 4.96. The van der Waals surface area contributed by atoms with Gasteiger partial charge in [-0.05, 0) is 30.9 Å². The first-order chi connectivity index (χ1) is 11.8. The third kappa shape index (κ3) is 2.59. The van der Waals surface area contributed by atoms with Gasteiger partial charge in [-0.15, -0.1) is 0 Å². The predicted molar refractivity (Wildman–Crippen MR) is 88.8 cm³/mol. The zero-order valence-corrected chi connectivity index (χ0v) is 14.4. The Labute approximate surface area is 146 Å². The Balaban J connectivity index is 1.84. The van der Waals surface area contributed by atoms with Crippen molar-refractivity contribution in [3.05, 3.63) is 35.4 Å². The molecule has 1 aromatic carbocycles. The van der Waals surface area contributed by atoms with Gasteiger partial charge in [0.05, 0.1) is 5.41 Å². The monoisotopic (exact) mass is 346 g/mol. The maximum absolute atomic E-state index is 12.6. The number of ether oxygens (including phenoxy) is 1. The molecule has 3 rings (SSSR count). The Hall–Kier alpha value is -2.41. The van der Waals surface area contributed by atoms with Crippen LogP contribution in [-0.2, 0) is 31.1 Å². The summed E-state index contributed by atoms with van der Waals surface area (Å²) in [6, 6.07) is 7.84. The van der Waals surface area contributed by atoms with Crippen molar-refractivity contribution in [2.24, 2.45) is 0 Å². The molecule has 0 radical (unpaired) electrons. The molecule has 134 valence electrons. The number of hydrogen-bond donors (Lipinski definition) is 2. The van der Waals surface area contributed by atoms with Crippen molar-refractivity contribution in [3.8, 4) is 0 Å². The molecule has 1 unspecified atom stereocenters. The van der Waals surface area contributed by atoms with Crippen LogP contribution in [0.25, 0.3) is 0 Å². The number of rotatable bonds is 3. The molecule has 2 heterocycles. The van der Waals surface area contributed by atoms with Crippen molar-refractivity contribution in [2.75, 3.05) is 20.2 Å². The molecule has 2 N–H and O–H groups in total. The average Bonchev–Trinajstić information content (AvgIpc) is 2.64. The average molecular weight is 346 g/mol. The third-order valence-corrected chi connectivity index (χ3v) is 5.54. The highest BCUT2D eigenvalue weighted by atomic mass is 16.5. The summed E-state index contributed by atoms with van der Waals surface area (Å²) in [6.07, 6.45) is 0.919. The molecule has 2 aliphatic rings. The van der Waals surface area contributed by atoms with E-state index in [1.54, 1.807) is 0 Å². The van der Waals surface area contributed by atoms with Gasteiger partial charge in [-0.25, -0.2) is 4.79 Å². The fourth-order valence-corrected chi connectivity index (χ4v) is 3.76. The number of nitrogens with one attached hydrogen (secondary N) is 1. The zero-order chi connectivity index (χ0) is 18.2. The quantitative estimate of drug-likeness (QED) is 0.784. The topological polar surface area (TPSA) is 95.9 Å². The first-order valence-electron chi connectivity index (χ1n) is 8.30. The first-order valence-corrected chi connectivity index (χ1v) is 8.30. The van der Waals surface area contributed by atoms with Crippen LogP contribution in [0.4, 0.5) is 0 Å². The van der Waals surface area contributed by atoms with E-state index in [4.69, 9.17) is 4.74 Å². The van der Waals surface area contributed by atoms with Crippen LogP contribution in [0.3, 0.4) is 0 Å². The standard InChI is InChI=1S/C18H22N2O5/c1-17(25-2,16(23)24)15(22)20-9-7-18(8-10-20)13-6-4-3-5-12(13)11-19-14(18)21/h3-6H,7-11H2,1-2H3,(H,19,21)(H,23,24). The number of piperidine rings is 1. The van der Waals surface area contributed by atoms with Gasteiger partial charge in [-0.2, -0.15) is 0 Å². The number of benzene rings is 1. The summed E-state index contributed by atoms with van der Waals surface area (Å²) in [6.45, 7) is 2.39. The largest absolute Gasteiger partial charge is 0.479 e. The van der Waals surface area contributed by atoms with E-state index in [0.29, 0.717) is 32.5 Å². The Bertz CT molecular complexity index is 724. The summed E-state index contributed by atoms with van der Waals surface area (Å²) >= 11 is 0. The van der Waals surface area contributed by atoms with Gasteiger partial charge < -0.3 is 20.1 Å². The van der Waals surface area contributed by atoms with Gasteiger partial charge in [0.2, 0.25) is 11.5 Å². The Morgan fingerprint density at radius 3 is 2.52 bits per heavy atom. The fourth-order valence-electron chi connectivity index (χ4n) is 3.76. The van der Waals surface area contributed by atoms with E-state index in [9.17, 15) is 19.5 Å². The van der Waals surface area contributed by atoms with Gasteiger partial charge in [-0.3, -0.25) is 9.59 Å². The molecule has 1 spiro atoms. The van der Waals surface area contributed by atoms with E-state index in [1.807, 2.05) is 24.3 Å². The highest BCUT2D eigenvalue weighted by Gasteiger charge is 2.50. The number of carbonyl (C=O) groups is 3. The van der Waals surface area contributed by atoms with E-state index in [0.717, 1.165) is 11.1 Å². The van der Waals surface area contributed by atoms with Gasteiger partial charge in [0.1, 0.15) is 0 Å². The SMILES string of the molecule is COC(C)(C(=O)O)C(=O)N1CCC2(CC1)C(=O)NCc1ccccc12. The van der Waals surface area contributed by atoms with Gasteiger partial charge >= 0.3 is 5.97 Å². The van der Waals surface area contributed by atoms with Gasteiger partial charge in [0, 0.05) is 26.7 Å². The summed E-state index contributed by atoms with van der Waals surface area (Å²) in [4.78, 5) is 38.1. The molecular weight excluding hydrogens is 324 g/mol. The van der Waals surface area contributed by atoms with Gasteiger partial charge in [-0.1, -0.05) is 24.3 Å². The van der Waals surface area contributed by atoms with Crippen molar-refractivity contribution in [1.82, 2.24) is 10.2 Å². The molecule has 2 amide bonds. The van der Waals surface area contributed by atoms with Crippen LogP contribution in [0.2, 0.25) is 0 Å². The molecule has 2 aliphatic heterocycles. The predicted octanol–water partition coefficient (Wildman–Crippen LogP) is 0.666. The minimum atomic E-state index is -1.91. The number of carbonyl (C=O) groups excluding carboxylic acids is 2. The molecule has 7 nitrogen and oxygen atoms in total. The minimum absolute atomic E-state index is 0.0222. The summed E-state index contributed by atoms with van der Waals surface area (Å²) in [7, 11) is 1.21. The lowest BCUT2D eigenvalue weighted by atomic mass is 9.68. The van der Waals surface area contributed by atoms with E-state index >= 15 is 0 Å². The van der Waals surface area contributed by atoms with Crippen molar-refractivity contribution < 1.29 is 24.2 Å². The van der Waals surface area contributed by atoms with Gasteiger partial charge in [0.25, 0.3) is 5.91 Å². The highest BCUT2D eigenvalue weighted by Crippen LogP contribution is 2.40. The van der Waals surface area contributed by atoms with E-state index < -0.39 is 22.9 Å². The molecule has 25 heavy (non-hydrogen) atoms.